The minimum atomic E-state index is 0.316. The van der Waals surface area contributed by atoms with Crippen LogP contribution in [0.3, 0.4) is 0 Å². The maximum absolute atomic E-state index is 5.59. The van der Waals surface area contributed by atoms with Crippen molar-refractivity contribution < 1.29 is 0 Å². The Bertz CT molecular complexity index is 573. The lowest BCUT2D eigenvalue weighted by Gasteiger charge is -2.15. The van der Waals surface area contributed by atoms with Crippen LogP contribution in [0.25, 0.3) is 11.5 Å². The van der Waals surface area contributed by atoms with Crippen LogP contribution in [-0.4, -0.2) is 19.5 Å². The predicted octanol–water partition coefficient (Wildman–Crippen LogP) is 2.08. The van der Waals surface area contributed by atoms with E-state index in [4.69, 9.17) is 5.84 Å². The first-order valence-electron chi connectivity index (χ1n) is 6.44. The summed E-state index contributed by atoms with van der Waals surface area (Å²) in [5.41, 5.74) is 5.57. The zero-order valence-corrected chi connectivity index (χ0v) is 11.8. The maximum Gasteiger partial charge on any atom is 0.180 e. The Morgan fingerprint density at radius 3 is 2.68 bits per heavy atom. The molecule has 0 saturated heterocycles. The number of hydrazine groups is 1. The molecule has 0 aliphatic carbocycles. The molecule has 0 aliphatic heterocycles. The van der Waals surface area contributed by atoms with Gasteiger partial charge in [0.15, 0.2) is 5.82 Å². The molecule has 2 rings (SSSR count). The van der Waals surface area contributed by atoms with Gasteiger partial charge in [0.05, 0.1) is 12.5 Å². The van der Waals surface area contributed by atoms with Crippen molar-refractivity contribution in [3.63, 3.8) is 0 Å². The molecule has 6 heteroatoms. The number of nitrogen functional groups attached to an aromatic ring is 1. The van der Waals surface area contributed by atoms with E-state index in [1.54, 1.807) is 12.5 Å². The van der Waals surface area contributed by atoms with Crippen LogP contribution in [0.15, 0.2) is 12.5 Å². The van der Waals surface area contributed by atoms with Crippen molar-refractivity contribution in [2.75, 3.05) is 5.43 Å². The molecule has 2 aromatic rings. The summed E-state index contributed by atoms with van der Waals surface area (Å²) in [5, 5.41) is 0. The number of aromatic nitrogens is 4. The minimum absolute atomic E-state index is 0.316. The van der Waals surface area contributed by atoms with Gasteiger partial charge in [0.25, 0.3) is 0 Å². The first-order chi connectivity index (χ1) is 9.08. The van der Waals surface area contributed by atoms with Crippen LogP contribution in [0.1, 0.15) is 37.9 Å². The zero-order chi connectivity index (χ0) is 14.0. The number of hydrogen-bond acceptors (Lipinski definition) is 5. The number of nitrogens with zero attached hydrogens (tertiary/aromatic N) is 4. The van der Waals surface area contributed by atoms with Crippen molar-refractivity contribution in [2.24, 2.45) is 5.84 Å². The minimum Gasteiger partial charge on any atom is -0.328 e. The van der Waals surface area contributed by atoms with E-state index in [1.807, 2.05) is 11.5 Å². The average molecular weight is 260 g/mol. The number of hydrogen-bond donors (Lipinski definition) is 2. The van der Waals surface area contributed by atoms with Crippen molar-refractivity contribution in [3.8, 4) is 11.5 Å². The standard InChI is InChI=1S/C13H20N6/c1-5-19-7-15-6-10(19)12-16-9(4)11(8(2)3)13(17-12)18-14/h6-8H,5,14H2,1-4H3,(H,16,17,18). The molecule has 0 fully saturated rings. The summed E-state index contributed by atoms with van der Waals surface area (Å²) in [5.74, 6) is 7.23. The lowest BCUT2D eigenvalue weighted by atomic mass is 10.0. The molecule has 0 saturated carbocycles. The third-order valence-corrected chi connectivity index (χ3v) is 3.13. The Balaban J connectivity index is 2.58. The van der Waals surface area contributed by atoms with Gasteiger partial charge >= 0.3 is 0 Å². The highest BCUT2D eigenvalue weighted by atomic mass is 15.3. The first-order valence-corrected chi connectivity index (χ1v) is 6.44. The van der Waals surface area contributed by atoms with Crippen LogP contribution >= 0.6 is 0 Å². The number of aryl methyl sites for hydroxylation is 2. The van der Waals surface area contributed by atoms with E-state index < -0.39 is 0 Å². The Kier molecular flexibility index (Phi) is 3.80. The fourth-order valence-corrected chi connectivity index (χ4v) is 2.26. The smallest absolute Gasteiger partial charge is 0.180 e. The summed E-state index contributed by atoms with van der Waals surface area (Å²) in [6.07, 6.45) is 3.55. The highest BCUT2D eigenvalue weighted by Gasteiger charge is 2.16. The normalized spacial score (nSPS) is 11.1. The van der Waals surface area contributed by atoms with Gasteiger partial charge in [0.1, 0.15) is 11.5 Å². The van der Waals surface area contributed by atoms with Crippen LogP contribution in [0.2, 0.25) is 0 Å². The van der Waals surface area contributed by atoms with E-state index in [9.17, 15) is 0 Å². The van der Waals surface area contributed by atoms with Crippen LogP contribution in [0.5, 0.6) is 0 Å². The Morgan fingerprint density at radius 1 is 1.37 bits per heavy atom. The van der Waals surface area contributed by atoms with Gasteiger partial charge in [-0.2, -0.15) is 0 Å². The molecular weight excluding hydrogens is 240 g/mol. The molecule has 19 heavy (non-hydrogen) atoms. The lowest BCUT2D eigenvalue weighted by molar-refractivity contribution is 0.760. The summed E-state index contributed by atoms with van der Waals surface area (Å²) in [7, 11) is 0. The van der Waals surface area contributed by atoms with Crippen molar-refractivity contribution in [1.82, 2.24) is 19.5 Å². The van der Waals surface area contributed by atoms with Gasteiger partial charge in [-0.3, -0.25) is 0 Å². The van der Waals surface area contributed by atoms with Crippen LogP contribution in [-0.2, 0) is 6.54 Å². The molecule has 0 bridgehead atoms. The van der Waals surface area contributed by atoms with E-state index in [2.05, 4.69) is 41.1 Å². The molecule has 102 valence electrons. The number of rotatable bonds is 4. The summed E-state index contributed by atoms with van der Waals surface area (Å²) >= 11 is 0. The second-order valence-corrected chi connectivity index (χ2v) is 4.76. The van der Waals surface area contributed by atoms with Crippen molar-refractivity contribution in [1.29, 1.82) is 0 Å². The van der Waals surface area contributed by atoms with Crippen LogP contribution < -0.4 is 11.3 Å². The number of nitrogens with one attached hydrogen (secondary N) is 1. The quantitative estimate of drug-likeness (QED) is 0.649. The van der Waals surface area contributed by atoms with Gasteiger partial charge in [0, 0.05) is 17.8 Å². The topological polar surface area (TPSA) is 81.7 Å². The summed E-state index contributed by atoms with van der Waals surface area (Å²) in [6.45, 7) is 9.07. The third-order valence-electron chi connectivity index (χ3n) is 3.13. The Morgan fingerprint density at radius 2 is 2.11 bits per heavy atom. The average Bonchev–Trinajstić information content (AvgIpc) is 2.85. The molecule has 6 nitrogen and oxygen atoms in total. The molecule has 3 N–H and O–H groups in total. The number of nitrogens with two attached hydrogens (primary N) is 1. The molecular formula is C13H20N6. The SMILES string of the molecule is CCn1cncc1-c1nc(C)c(C(C)C)c(NN)n1. The molecule has 2 heterocycles. The van der Waals surface area contributed by atoms with E-state index in [0.717, 1.165) is 23.5 Å². The third kappa shape index (κ3) is 2.44. The largest absolute Gasteiger partial charge is 0.328 e. The van der Waals surface area contributed by atoms with Crippen molar-refractivity contribution >= 4 is 5.82 Å². The number of anilines is 1. The molecule has 2 aromatic heterocycles. The fraction of sp³-hybridized carbons (Fsp3) is 0.462. The Labute approximate surface area is 113 Å². The maximum atomic E-state index is 5.59. The van der Waals surface area contributed by atoms with Crippen molar-refractivity contribution in [2.45, 2.75) is 40.2 Å². The van der Waals surface area contributed by atoms with E-state index in [0.29, 0.717) is 17.6 Å². The van der Waals surface area contributed by atoms with E-state index in [1.165, 1.54) is 0 Å². The highest BCUT2D eigenvalue weighted by molar-refractivity contribution is 5.57. The van der Waals surface area contributed by atoms with Crippen molar-refractivity contribution in [3.05, 3.63) is 23.8 Å². The fourth-order valence-electron chi connectivity index (χ4n) is 2.26. The predicted molar refractivity (Wildman–Crippen MR) is 75.6 cm³/mol. The van der Waals surface area contributed by atoms with Gasteiger partial charge in [-0.05, 0) is 19.8 Å². The summed E-state index contributed by atoms with van der Waals surface area (Å²) in [4.78, 5) is 13.2. The molecule has 0 spiro atoms. The lowest BCUT2D eigenvalue weighted by Crippen LogP contribution is -2.15. The molecule has 0 aromatic carbocycles. The van der Waals surface area contributed by atoms with Gasteiger partial charge in [-0.15, -0.1) is 0 Å². The zero-order valence-electron chi connectivity index (χ0n) is 11.8. The molecule has 0 unspecified atom stereocenters. The first kappa shape index (κ1) is 13.5. The monoisotopic (exact) mass is 260 g/mol. The second-order valence-electron chi connectivity index (χ2n) is 4.76. The molecule has 0 atom stereocenters. The molecule has 0 aliphatic rings. The highest BCUT2D eigenvalue weighted by Crippen LogP contribution is 2.27. The molecule has 0 radical (unpaired) electrons. The Hall–Kier alpha value is -1.95. The summed E-state index contributed by atoms with van der Waals surface area (Å²) in [6, 6.07) is 0. The van der Waals surface area contributed by atoms with Gasteiger partial charge in [-0.1, -0.05) is 13.8 Å². The van der Waals surface area contributed by atoms with Crippen LogP contribution in [0, 0.1) is 6.92 Å². The van der Waals surface area contributed by atoms with Gasteiger partial charge in [-0.25, -0.2) is 20.8 Å². The van der Waals surface area contributed by atoms with Gasteiger partial charge < -0.3 is 9.99 Å². The van der Waals surface area contributed by atoms with Gasteiger partial charge in [0.2, 0.25) is 0 Å². The number of imidazole rings is 1. The molecule has 0 amide bonds. The van der Waals surface area contributed by atoms with E-state index >= 15 is 0 Å². The van der Waals surface area contributed by atoms with Crippen LogP contribution in [0.4, 0.5) is 5.82 Å². The second kappa shape index (κ2) is 5.36. The summed E-state index contributed by atoms with van der Waals surface area (Å²) < 4.78 is 2.00. The van der Waals surface area contributed by atoms with E-state index in [-0.39, 0.29) is 0 Å².